The molecule has 2 aromatic carbocycles. The molecule has 0 aromatic heterocycles. The molecule has 0 saturated carbocycles. The fraction of sp³-hybridized carbons (Fsp3) is 0.222. The molecule has 0 saturated heterocycles. The maximum atomic E-state index is 13.8. The van der Waals surface area contributed by atoms with Crippen molar-refractivity contribution >= 4 is 33.5 Å². The molecule has 0 radical (unpaired) electrons. The van der Waals surface area contributed by atoms with Crippen molar-refractivity contribution in [3.8, 4) is 5.75 Å². The minimum absolute atomic E-state index is 0.232. The summed E-state index contributed by atoms with van der Waals surface area (Å²) >= 11 is 3.11. The van der Waals surface area contributed by atoms with Crippen LogP contribution in [-0.2, 0) is 9.53 Å². The smallest absolute Gasteiger partial charge is 0.341 e. The van der Waals surface area contributed by atoms with Crippen molar-refractivity contribution < 1.29 is 23.5 Å². The van der Waals surface area contributed by atoms with Gasteiger partial charge in [-0.3, -0.25) is 4.79 Å². The minimum atomic E-state index is -1.08. The summed E-state index contributed by atoms with van der Waals surface area (Å²) in [6, 6.07) is 10.7. The third kappa shape index (κ3) is 5.29. The van der Waals surface area contributed by atoms with Gasteiger partial charge in [0.15, 0.2) is 6.10 Å². The Bertz CT molecular complexity index is 764. The molecule has 0 aliphatic carbocycles. The number of hydrogen-bond acceptors (Lipinski definition) is 4. The summed E-state index contributed by atoms with van der Waals surface area (Å²) in [5, 5.41) is 2.62. The number of amides is 1. The van der Waals surface area contributed by atoms with Gasteiger partial charge in [0.25, 0.3) is 5.91 Å². The molecule has 0 bridgehead atoms. The van der Waals surface area contributed by atoms with Gasteiger partial charge in [-0.1, -0.05) is 15.9 Å². The van der Waals surface area contributed by atoms with Gasteiger partial charge in [0, 0.05) is 10.2 Å². The molecule has 1 atom stereocenters. The number of carbonyl (C=O) groups excluding carboxylic acids is 2. The lowest BCUT2D eigenvalue weighted by Gasteiger charge is -2.14. The van der Waals surface area contributed by atoms with Gasteiger partial charge in [-0.25, -0.2) is 9.18 Å². The zero-order valence-corrected chi connectivity index (χ0v) is 15.3. The van der Waals surface area contributed by atoms with Crippen molar-refractivity contribution in [1.82, 2.24) is 0 Å². The number of carbonyl (C=O) groups is 2. The Balaban J connectivity index is 1.96. The molecule has 2 aromatic rings. The molecule has 7 heteroatoms. The van der Waals surface area contributed by atoms with Gasteiger partial charge in [-0.2, -0.15) is 0 Å². The van der Waals surface area contributed by atoms with Crippen molar-refractivity contribution in [2.45, 2.75) is 20.0 Å². The van der Waals surface area contributed by atoms with Gasteiger partial charge >= 0.3 is 5.97 Å². The van der Waals surface area contributed by atoms with E-state index in [0.29, 0.717) is 22.5 Å². The fourth-order valence-corrected chi connectivity index (χ4v) is 2.31. The molecule has 1 amide bonds. The van der Waals surface area contributed by atoms with E-state index in [9.17, 15) is 14.0 Å². The fourth-order valence-electron chi connectivity index (χ4n) is 1.98. The Morgan fingerprint density at radius 2 is 1.88 bits per heavy atom. The third-order valence-corrected chi connectivity index (χ3v) is 3.73. The predicted octanol–water partition coefficient (Wildman–Crippen LogP) is 4.17. The first kappa shape index (κ1) is 18.9. The second-order valence-electron chi connectivity index (χ2n) is 5.12. The average molecular weight is 410 g/mol. The van der Waals surface area contributed by atoms with Crippen LogP contribution >= 0.6 is 15.9 Å². The summed E-state index contributed by atoms with van der Waals surface area (Å²) in [5.74, 6) is -1.46. The Morgan fingerprint density at radius 1 is 1.20 bits per heavy atom. The van der Waals surface area contributed by atoms with E-state index in [1.54, 1.807) is 24.3 Å². The number of ether oxygens (including phenoxy) is 2. The topological polar surface area (TPSA) is 64.6 Å². The zero-order valence-electron chi connectivity index (χ0n) is 13.7. The van der Waals surface area contributed by atoms with Crippen LogP contribution in [0.4, 0.5) is 10.1 Å². The summed E-state index contributed by atoms with van der Waals surface area (Å²) in [4.78, 5) is 24.1. The van der Waals surface area contributed by atoms with E-state index in [0.717, 1.165) is 6.07 Å². The first-order chi connectivity index (χ1) is 11.9. The molecule has 1 N–H and O–H groups in total. The number of nitrogens with one attached hydrogen (secondary N) is 1. The second kappa shape index (κ2) is 8.62. The van der Waals surface area contributed by atoms with Crippen LogP contribution in [0.1, 0.15) is 24.2 Å². The van der Waals surface area contributed by atoms with Crippen molar-refractivity contribution in [1.29, 1.82) is 0 Å². The largest absolute Gasteiger partial charge is 0.494 e. The molecular weight excluding hydrogens is 393 g/mol. The second-order valence-corrected chi connectivity index (χ2v) is 6.03. The Morgan fingerprint density at radius 3 is 2.48 bits per heavy atom. The van der Waals surface area contributed by atoms with E-state index >= 15 is 0 Å². The first-order valence-electron chi connectivity index (χ1n) is 7.60. The average Bonchev–Trinajstić information content (AvgIpc) is 2.56. The molecule has 0 heterocycles. The lowest BCUT2D eigenvalue weighted by Crippen LogP contribution is -2.30. The molecule has 0 aliphatic rings. The van der Waals surface area contributed by atoms with Gasteiger partial charge in [0.2, 0.25) is 0 Å². The molecule has 0 fully saturated rings. The zero-order chi connectivity index (χ0) is 18.4. The summed E-state index contributed by atoms with van der Waals surface area (Å²) in [5.41, 5.74) is 0.301. The van der Waals surface area contributed by atoms with E-state index in [1.807, 2.05) is 6.92 Å². The van der Waals surface area contributed by atoms with Crippen molar-refractivity contribution in [2.75, 3.05) is 11.9 Å². The van der Waals surface area contributed by atoms with E-state index in [2.05, 4.69) is 21.2 Å². The monoisotopic (exact) mass is 409 g/mol. The number of anilines is 1. The lowest BCUT2D eigenvalue weighted by atomic mass is 10.2. The van der Waals surface area contributed by atoms with Crippen LogP contribution < -0.4 is 10.1 Å². The Hall–Kier alpha value is -2.41. The summed E-state index contributed by atoms with van der Waals surface area (Å²) in [6.07, 6.45) is -1.08. The summed E-state index contributed by atoms with van der Waals surface area (Å²) in [6.45, 7) is 3.84. The Labute approximate surface area is 153 Å². The molecule has 132 valence electrons. The number of esters is 1. The van der Waals surface area contributed by atoms with Crippen LogP contribution in [0.15, 0.2) is 46.9 Å². The van der Waals surface area contributed by atoms with Crippen molar-refractivity contribution in [3.05, 3.63) is 58.3 Å². The molecule has 0 spiro atoms. The van der Waals surface area contributed by atoms with Crippen molar-refractivity contribution in [3.63, 3.8) is 0 Å². The number of rotatable bonds is 6. The normalized spacial score (nSPS) is 11.5. The molecule has 5 nitrogen and oxygen atoms in total. The van der Waals surface area contributed by atoms with Crippen LogP contribution in [0.2, 0.25) is 0 Å². The maximum absolute atomic E-state index is 13.8. The maximum Gasteiger partial charge on any atom is 0.341 e. The van der Waals surface area contributed by atoms with Crippen LogP contribution in [0.5, 0.6) is 5.75 Å². The third-order valence-electron chi connectivity index (χ3n) is 3.24. The number of benzene rings is 2. The summed E-state index contributed by atoms with van der Waals surface area (Å²) < 4.78 is 24.6. The van der Waals surface area contributed by atoms with E-state index in [4.69, 9.17) is 9.47 Å². The number of hydrogen-bond donors (Lipinski definition) is 1. The first-order valence-corrected chi connectivity index (χ1v) is 8.39. The van der Waals surface area contributed by atoms with Crippen molar-refractivity contribution in [2.24, 2.45) is 0 Å². The van der Waals surface area contributed by atoms with Crippen LogP contribution in [-0.4, -0.2) is 24.6 Å². The highest BCUT2D eigenvalue weighted by atomic mass is 79.9. The van der Waals surface area contributed by atoms with E-state index < -0.39 is 23.8 Å². The quantitative estimate of drug-likeness (QED) is 0.727. The molecule has 2 rings (SSSR count). The summed E-state index contributed by atoms with van der Waals surface area (Å²) in [7, 11) is 0. The SMILES string of the molecule is CCOc1ccc(NC(=O)[C@H](C)OC(=O)c2ccc(Br)cc2F)cc1. The van der Waals surface area contributed by atoms with Gasteiger partial charge < -0.3 is 14.8 Å². The molecule has 0 aliphatic heterocycles. The van der Waals surface area contributed by atoms with E-state index in [-0.39, 0.29) is 5.56 Å². The van der Waals surface area contributed by atoms with Gasteiger partial charge in [-0.05, 0) is 56.3 Å². The minimum Gasteiger partial charge on any atom is -0.494 e. The number of halogens is 2. The highest BCUT2D eigenvalue weighted by Gasteiger charge is 2.21. The van der Waals surface area contributed by atoms with E-state index in [1.165, 1.54) is 19.1 Å². The molecule has 0 unspecified atom stereocenters. The standard InChI is InChI=1S/C18H17BrFNO4/c1-3-24-14-7-5-13(6-8-14)21-17(22)11(2)25-18(23)15-9-4-12(19)10-16(15)20/h4-11H,3H2,1-2H3,(H,21,22)/t11-/m0/s1. The van der Waals surface area contributed by atoms with Gasteiger partial charge in [0.1, 0.15) is 11.6 Å². The Kier molecular flexibility index (Phi) is 6.52. The molecular formula is C18H17BrFNO4. The highest BCUT2D eigenvalue weighted by molar-refractivity contribution is 9.10. The van der Waals surface area contributed by atoms with Gasteiger partial charge in [-0.15, -0.1) is 0 Å². The van der Waals surface area contributed by atoms with Crippen LogP contribution in [0, 0.1) is 5.82 Å². The van der Waals surface area contributed by atoms with Crippen LogP contribution in [0.3, 0.4) is 0 Å². The van der Waals surface area contributed by atoms with Crippen LogP contribution in [0.25, 0.3) is 0 Å². The lowest BCUT2D eigenvalue weighted by molar-refractivity contribution is -0.123. The molecule has 25 heavy (non-hydrogen) atoms. The predicted molar refractivity (Wildman–Crippen MR) is 95.2 cm³/mol. The van der Waals surface area contributed by atoms with Gasteiger partial charge in [0.05, 0.1) is 12.2 Å². The highest BCUT2D eigenvalue weighted by Crippen LogP contribution is 2.18.